The van der Waals surface area contributed by atoms with Crippen molar-refractivity contribution in [3.63, 3.8) is 0 Å². The third-order valence-corrected chi connectivity index (χ3v) is 3.30. The van der Waals surface area contributed by atoms with E-state index in [4.69, 9.17) is 5.14 Å². The summed E-state index contributed by atoms with van der Waals surface area (Å²) in [6, 6.07) is 4.47. The molecule has 0 saturated carbocycles. The van der Waals surface area contributed by atoms with E-state index in [0.717, 1.165) is 5.56 Å². The third kappa shape index (κ3) is 2.42. The smallest absolute Gasteiger partial charge is 0.380 e. The molecule has 0 aliphatic heterocycles. The fourth-order valence-corrected chi connectivity index (χ4v) is 2.38. The highest BCUT2D eigenvalue weighted by atomic mass is 32.2. The minimum atomic E-state index is -4.22. The van der Waals surface area contributed by atoms with Gasteiger partial charge in [-0.15, -0.1) is 0 Å². The van der Waals surface area contributed by atoms with Crippen LogP contribution in [-0.4, -0.2) is 18.6 Å². The Hall–Kier alpha value is -1.99. The zero-order chi connectivity index (χ0) is 14.4. The van der Waals surface area contributed by atoms with Gasteiger partial charge < -0.3 is 14.4 Å². The molecular formula is C12H13NO5S. The molecule has 0 fully saturated rings. The SMILES string of the molecule is Cc1cc(O)c(C)c2c(O)c(OS(N)(=O)=O)ccc12. The number of aromatic hydroxyl groups is 2. The van der Waals surface area contributed by atoms with Crippen LogP contribution in [0.15, 0.2) is 18.2 Å². The highest BCUT2D eigenvalue weighted by Gasteiger charge is 2.17. The van der Waals surface area contributed by atoms with Crippen LogP contribution in [0.5, 0.6) is 17.2 Å². The summed E-state index contributed by atoms with van der Waals surface area (Å²) in [4.78, 5) is 0. The van der Waals surface area contributed by atoms with Crippen LogP contribution in [-0.2, 0) is 10.3 Å². The number of aryl methyl sites for hydroxylation is 2. The standard InChI is InChI=1S/C12H13NO5S/c1-6-5-9(14)7(2)11-8(6)3-4-10(12(11)15)18-19(13,16)17/h3-5,14-15H,1-2H3,(H2,13,16,17). The van der Waals surface area contributed by atoms with Gasteiger partial charge in [0.2, 0.25) is 0 Å². The molecule has 0 heterocycles. The molecule has 0 spiro atoms. The zero-order valence-corrected chi connectivity index (χ0v) is 11.2. The van der Waals surface area contributed by atoms with Gasteiger partial charge in [0.25, 0.3) is 0 Å². The second kappa shape index (κ2) is 4.29. The Balaban J connectivity index is 2.81. The summed E-state index contributed by atoms with van der Waals surface area (Å²) >= 11 is 0. The number of phenols is 2. The van der Waals surface area contributed by atoms with Gasteiger partial charge in [0, 0.05) is 10.9 Å². The molecule has 0 amide bonds. The summed E-state index contributed by atoms with van der Waals surface area (Å²) in [5.41, 5.74) is 1.17. The van der Waals surface area contributed by atoms with Crippen LogP contribution in [0, 0.1) is 13.8 Å². The van der Waals surface area contributed by atoms with Gasteiger partial charge in [-0.2, -0.15) is 13.6 Å². The van der Waals surface area contributed by atoms with E-state index in [1.165, 1.54) is 6.07 Å². The molecule has 0 saturated heterocycles. The summed E-state index contributed by atoms with van der Waals surface area (Å²) in [6.45, 7) is 3.37. The van der Waals surface area contributed by atoms with Crippen LogP contribution < -0.4 is 9.32 Å². The summed E-state index contributed by atoms with van der Waals surface area (Å²) < 4.78 is 26.3. The monoisotopic (exact) mass is 283 g/mol. The molecule has 0 bridgehead atoms. The van der Waals surface area contributed by atoms with E-state index >= 15 is 0 Å². The highest BCUT2D eigenvalue weighted by molar-refractivity contribution is 7.84. The van der Waals surface area contributed by atoms with E-state index < -0.39 is 10.3 Å². The Morgan fingerprint density at radius 1 is 1.21 bits per heavy atom. The van der Waals surface area contributed by atoms with Crippen molar-refractivity contribution >= 4 is 21.1 Å². The molecule has 2 aromatic rings. The molecule has 0 atom stereocenters. The second-order valence-electron chi connectivity index (χ2n) is 4.25. The van der Waals surface area contributed by atoms with E-state index in [1.54, 1.807) is 26.0 Å². The lowest BCUT2D eigenvalue weighted by Gasteiger charge is -2.12. The van der Waals surface area contributed by atoms with Crippen molar-refractivity contribution in [3.8, 4) is 17.2 Å². The maximum atomic E-state index is 10.9. The molecule has 4 N–H and O–H groups in total. The van der Waals surface area contributed by atoms with Crippen LogP contribution in [0.4, 0.5) is 0 Å². The summed E-state index contributed by atoms with van der Waals surface area (Å²) in [6.07, 6.45) is 0. The van der Waals surface area contributed by atoms with Gasteiger partial charge >= 0.3 is 10.3 Å². The Labute approximate surface area is 110 Å². The van der Waals surface area contributed by atoms with Gasteiger partial charge in [-0.1, -0.05) is 6.07 Å². The Morgan fingerprint density at radius 2 is 1.84 bits per heavy atom. The van der Waals surface area contributed by atoms with Gasteiger partial charge in [-0.05, 0) is 36.9 Å². The Morgan fingerprint density at radius 3 is 2.42 bits per heavy atom. The number of rotatable bonds is 2. The first-order valence-electron chi connectivity index (χ1n) is 5.38. The lowest BCUT2D eigenvalue weighted by Crippen LogP contribution is -2.19. The summed E-state index contributed by atoms with van der Waals surface area (Å²) in [5, 5.41) is 25.6. The number of phenolic OH excluding ortho intramolecular Hbond substituents is 2. The number of benzene rings is 2. The van der Waals surface area contributed by atoms with Crippen molar-refractivity contribution in [2.24, 2.45) is 5.14 Å². The fourth-order valence-electron chi connectivity index (χ4n) is 1.99. The van der Waals surface area contributed by atoms with Crippen molar-refractivity contribution in [1.29, 1.82) is 0 Å². The third-order valence-electron chi connectivity index (χ3n) is 2.88. The molecule has 2 aromatic carbocycles. The highest BCUT2D eigenvalue weighted by Crippen LogP contribution is 2.40. The molecule has 102 valence electrons. The molecule has 7 heteroatoms. The molecule has 0 aliphatic rings. The Kier molecular flexibility index (Phi) is 3.03. The Bertz CT molecular complexity index is 768. The molecule has 0 unspecified atom stereocenters. The topological polar surface area (TPSA) is 110 Å². The van der Waals surface area contributed by atoms with E-state index in [9.17, 15) is 18.6 Å². The van der Waals surface area contributed by atoms with Gasteiger partial charge in [0.05, 0.1) is 0 Å². The largest absolute Gasteiger partial charge is 0.508 e. The van der Waals surface area contributed by atoms with Gasteiger partial charge in [-0.3, -0.25) is 0 Å². The van der Waals surface area contributed by atoms with Crippen molar-refractivity contribution in [3.05, 3.63) is 29.3 Å². The van der Waals surface area contributed by atoms with Crippen LogP contribution in [0.1, 0.15) is 11.1 Å². The molecule has 6 nitrogen and oxygen atoms in total. The molecule has 2 rings (SSSR count). The van der Waals surface area contributed by atoms with Crippen molar-refractivity contribution in [2.75, 3.05) is 0 Å². The van der Waals surface area contributed by atoms with Crippen LogP contribution in [0.3, 0.4) is 0 Å². The normalized spacial score (nSPS) is 11.7. The molecule has 19 heavy (non-hydrogen) atoms. The number of hydrogen-bond donors (Lipinski definition) is 3. The first kappa shape index (κ1) is 13.4. The van der Waals surface area contributed by atoms with Crippen LogP contribution >= 0.6 is 0 Å². The average Bonchev–Trinajstić information content (AvgIpc) is 2.27. The first-order chi connectivity index (χ1) is 8.70. The molecular weight excluding hydrogens is 270 g/mol. The van der Waals surface area contributed by atoms with E-state index in [1.807, 2.05) is 0 Å². The zero-order valence-electron chi connectivity index (χ0n) is 10.3. The van der Waals surface area contributed by atoms with Crippen molar-refractivity contribution in [1.82, 2.24) is 0 Å². The van der Waals surface area contributed by atoms with Crippen LogP contribution in [0.25, 0.3) is 10.8 Å². The minimum absolute atomic E-state index is 0.00746. The molecule has 0 radical (unpaired) electrons. The second-order valence-corrected chi connectivity index (χ2v) is 5.40. The van der Waals surface area contributed by atoms with Crippen molar-refractivity contribution < 1.29 is 22.8 Å². The summed E-state index contributed by atoms with van der Waals surface area (Å²) in [5.74, 6) is -0.640. The van der Waals surface area contributed by atoms with E-state index in [-0.39, 0.29) is 17.2 Å². The maximum Gasteiger partial charge on any atom is 0.380 e. The summed E-state index contributed by atoms with van der Waals surface area (Å²) in [7, 11) is -4.22. The minimum Gasteiger partial charge on any atom is -0.508 e. The van der Waals surface area contributed by atoms with Gasteiger partial charge in [0.1, 0.15) is 5.75 Å². The predicted octanol–water partition coefficient (Wildman–Crippen LogP) is 1.45. The fraction of sp³-hybridized carbons (Fsp3) is 0.167. The quantitative estimate of drug-likeness (QED) is 0.772. The lowest BCUT2D eigenvalue weighted by molar-refractivity contribution is 0.432. The average molecular weight is 283 g/mol. The predicted molar refractivity (Wildman–Crippen MR) is 70.5 cm³/mol. The van der Waals surface area contributed by atoms with Crippen LogP contribution in [0.2, 0.25) is 0 Å². The number of hydrogen-bond acceptors (Lipinski definition) is 5. The molecule has 0 aliphatic carbocycles. The number of fused-ring (bicyclic) bond motifs is 1. The van der Waals surface area contributed by atoms with Gasteiger partial charge in [-0.25, -0.2) is 0 Å². The van der Waals surface area contributed by atoms with Crippen molar-refractivity contribution in [2.45, 2.75) is 13.8 Å². The molecule has 0 aromatic heterocycles. The van der Waals surface area contributed by atoms with E-state index in [2.05, 4.69) is 4.18 Å². The lowest BCUT2D eigenvalue weighted by atomic mass is 9.99. The maximum absolute atomic E-state index is 10.9. The first-order valence-corrected chi connectivity index (χ1v) is 6.85. The van der Waals surface area contributed by atoms with E-state index in [0.29, 0.717) is 16.3 Å². The van der Waals surface area contributed by atoms with Gasteiger partial charge in [0.15, 0.2) is 11.5 Å². The number of nitrogens with two attached hydrogens (primary N) is 1.